The zero-order valence-electron chi connectivity index (χ0n) is 25.3. The fraction of sp³-hybridized carbons (Fsp3) is 0.333. The molecule has 1 aliphatic heterocycles. The molecule has 40 heavy (non-hydrogen) atoms. The van der Waals surface area contributed by atoms with Crippen LogP contribution in [0.2, 0.25) is 0 Å². The predicted molar refractivity (Wildman–Crippen MR) is 169 cm³/mol. The first-order valence-electron chi connectivity index (χ1n) is 14.4. The van der Waals surface area contributed by atoms with Crippen molar-refractivity contribution in [3.8, 4) is 11.1 Å². The van der Waals surface area contributed by atoms with E-state index in [4.69, 9.17) is 9.31 Å². The van der Waals surface area contributed by atoms with E-state index in [0.29, 0.717) is 0 Å². The van der Waals surface area contributed by atoms with Gasteiger partial charge in [-0.3, -0.25) is 0 Å². The average Bonchev–Trinajstić information content (AvgIpc) is 3.26. The molecule has 4 aromatic carbocycles. The highest BCUT2D eigenvalue weighted by molar-refractivity contribution is 6.62. The van der Waals surface area contributed by atoms with E-state index in [1.54, 1.807) is 0 Å². The lowest BCUT2D eigenvalue weighted by molar-refractivity contribution is 0.00578. The molecule has 0 bridgehead atoms. The second-order valence-corrected chi connectivity index (χ2v) is 13.2. The van der Waals surface area contributed by atoms with Crippen LogP contribution >= 0.6 is 0 Å². The second-order valence-electron chi connectivity index (χ2n) is 13.2. The average molecular weight is 530 g/mol. The Morgan fingerprint density at radius 2 is 1.20 bits per heavy atom. The summed E-state index contributed by atoms with van der Waals surface area (Å²) >= 11 is 0. The molecule has 0 spiro atoms. The molecule has 0 N–H and O–H groups in total. The molecule has 2 aliphatic rings. The van der Waals surface area contributed by atoms with Crippen molar-refractivity contribution in [2.24, 2.45) is 0 Å². The van der Waals surface area contributed by atoms with Gasteiger partial charge in [0.05, 0.1) is 16.9 Å². The maximum atomic E-state index is 6.44. The van der Waals surface area contributed by atoms with Crippen LogP contribution in [0.3, 0.4) is 0 Å². The van der Waals surface area contributed by atoms with Gasteiger partial charge in [-0.05, 0) is 112 Å². The van der Waals surface area contributed by atoms with E-state index in [0.717, 1.165) is 16.8 Å². The third-order valence-corrected chi connectivity index (χ3v) is 9.34. The Bertz CT molecular complexity index is 1590. The number of benzene rings is 4. The first-order valence-corrected chi connectivity index (χ1v) is 14.4. The van der Waals surface area contributed by atoms with Gasteiger partial charge in [0.2, 0.25) is 0 Å². The van der Waals surface area contributed by atoms with Crippen LogP contribution in [-0.4, -0.2) is 18.3 Å². The topological polar surface area (TPSA) is 21.7 Å². The van der Waals surface area contributed by atoms with Gasteiger partial charge in [0.25, 0.3) is 0 Å². The van der Waals surface area contributed by atoms with Crippen LogP contribution in [0.4, 0.5) is 17.1 Å². The Morgan fingerprint density at radius 1 is 0.600 bits per heavy atom. The van der Waals surface area contributed by atoms with Crippen molar-refractivity contribution in [3.05, 3.63) is 107 Å². The Morgan fingerprint density at radius 3 is 1.88 bits per heavy atom. The van der Waals surface area contributed by atoms with Crippen LogP contribution < -0.4 is 10.4 Å². The largest absolute Gasteiger partial charge is 0.494 e. The molecule has 1 heterocycles. The Labute approximate surface area is 240 Å². The summed E-state index contributed by atoms with van der Waals surface area (Å²) < 4.78 is 12.9. The van der Waals surface area contributed by atoms with E-state index in [-0.39, 0.29) is 5.41 Å². The van der Waals surface area contributed by atoms with E-state index in [1.807, 2.05) is 0 Å². The summed E-state index contributed by atoms with van der Waals surface area (Å²) in [4.78, 5) is 2.41. The molecule has 4 aromatic rings. The third-order valence-electron chi connectivity index (χ3n) is 9.34. The smallest absolute Gasteiger partial charge is 0.399 e. The first kappa shape index (κ1) is 26.9. The number of fused-ring (bicyclic) bond motifs is 3. The highest BCUT2D eigenvalue weighted by Gasteiger charge is 2.51. The van der Waals surface area contributed by atoms with Crippen LogP contribution in [-0.2, 0) is 14.7 Å². The zero-order chi connectivity index (χ0) is 28.6. The fourth-order valence-electron chi connectivity index (χ4n) is 6.55. The van der Waals surface area contributed by atoms with Gasteiger partial charge in [-0.1, -0.05) is 74.0 Å². The Balaban J connectivity index is 1.52. The fourth-order valence-corrected chi connectivity index (χ4v) is 6.55. The van der Waals surface area contributed by atoms with E-state index < -0.39 is 18.3 Å². The molecule has 0 atom stereocenters. The molecule has 0 unspecified atom stereocenters. The van der Waals surface area contributed by atoms with Gasteiger partial charge < -0.3 is 14.2 Å². The molecule has 0 amide bonds. The number of hydrogen-bond acceptors (Lipinski definition) is 3. The van der Waals surface area contributed by atoms with Crippen LogP contribution in [0, 0.1) is 20.8 Å². The Hall–Kier alpha value is -3.34. The van der Waals surface area contributed by atoms with Gasteiger partial charge in [-0.15, -0.1) is 0 Å². The number of rotatable bonds is 4. The quantitative estimate of drug-likeness (QED) is 0.247. The first-order chi connectivity index (χ1) is 18.8. The molecule has 1 fully saturated rings. The maximum Gasteiger partial charge on any atom is 0.494 e. The second kappa shape index (κ2) is 9.09. The molecular formula is C36H40BNO2. The highest BCUT2D eigenvalue weighted by atomic mass is 16.7. The van der Waals surface area contributed by atoms with Crippen molar-refractivity contribution < 1.29 is 9.31 Å². The third kappa shape index (κ3) is 4.12. The molecule has 0 radical (unpaired) electrons. The van der Waals surface area contributed by atoms with Crippen molar-refractivity contribution in [2.75, 3.05) is 4.90 Å². The Kier molecular flexibility index (Phi) is 6.10. The number of anilines is 3. The summed E-state index contributed by atoms with van der Waals surface area (Å²) in [7, 11) is -0.416. The summed E-state index contributed by atoms with van der Waals surface area (Å²) in [5.41, 5.74) is 12.8. The molecule has 0 aromatic heterocycles. The van der Waals surface area contributed by atoms with Crippen LogP contribution in [0.15, 0.2) is 78.9 Å². The summed E-state index contributed by atoms with van der Waals surface area (Å²) in [5, 5.41) is 0. The SMILES string of the molecule is Cc1cc(C)c(N(c2cccc(B3OC(C)(C)C(C)(C)O3)c2)c2ccc3c(c2)C(C)(C)c2ccccc2-3)c(C)c1. The zero-order valence-corrected chi connectivity index (χ0v) is 25.3. The van der Waals surface area contributed by atoms with E-state index in [9.17, 15) is 0 Å². The van der Waals surface area contributed by atoms with Crippen molar-refractivity contribution in [2.45, 2.75) is 78.9 Å². The number of nitrogens with zero attached hydrogens (tertiary/aromatic N) is 1. The minimum atomic E-state index is -0.416. The van der Waals surface area contributed by atoms with Crippen LogP contribution in [0.1, 0.15) is 69.4 Å². The van der Waals surface area contributed by atoms with E-state index in [2.05, 4.69) is 146 Å². The highest BCUT2D eigenvalue weighted by Crippen LogP contribution is 2.51. The van der Waals surface area contributed by atoms with Crippen LogP contribution in [0.5, 0.6) is 0 Å². The van der Waals surface area contributed by atoms with Gasteiger partial charge >= 0.3 is 7.12 Å². The molecule has 204 valence electrons. The van der Waals surface area contributed by atoms with E-state index in [1.165, 1.54) is 44.6 Å². The molecule has 0 saturated carbocycles. The lowest BCUT2D eigenvalue weighted by atomic mass is 9.79. The summed E-state index contributed by atoms with van der Waals surface area (Å²) in [6.45, 7) is 19.7. The van der Waals surface area contributed by atoms with Gasteiger partial charge in [0, 0.05) is 16.8 Å². The monoisotopic (exact) mass is 529 g/mol. The van der Waals surface area contributed by atoms with Gasteiger partial charge in [-0.25, -0.2) is 0 Å². The normalized spacial score (nSPS) is 18.0. The summed E-state index contributed by atoms with van der Waals surface area (Å²) in [6, 6.07) is 29.0. The van der Waals surface area contributed by atoms with Crippen molar-refractivity contribution >= 4 is 29.6 Å². The maximum absolute atomic E-state index is 6.44. The van der Waals surface area contributed by atoms with Gasteiger partial charge in [0.15, 0.2) is 0 Å². The van der Waals surface area contributed by atoms with Crippen molar-refractivity contribution in [1.82, 2.24) is 0 Å². The van der Waals surface area contributed by atoms with Gasteiger partial charge in [-0.2, -0.15) is 0 Å². The van der Waals surface area contributed by atoms with Crippen LogP contribution in [0.25, 0.3) is 11.1 Å². The number of aryl methyl sites for hydroxylation is 3. The molecule has 1 saturated heterocycles. The predicted octanol–water partition coefficient (Wildman–Crippen LogP) is 8.69. The summed E-state index contributed by atoms with van der Waals surface area (Å²) in [5.74, 6) is 0. The van der Waals surface area contributed by atoms with Crippen molar-refractivity contribution in [3.63, 3.8) is 0 Å². The minimum absolute atomic E-state index is 0.0739. The summed E-state index contributed by atoms with van der Waals surface area (Å²) in [6.07, 6.45) is 0. The molecular weight excluding hydrogens is 489 g/mol. The van der Waals surface area contributed by atoms with Crippen molar-refractivity contribution in [1.29, 1.82) is 0 Å². The lowest BCUT2D eigenvalue weighted by Gasteiger charge is -2.32. The molecule has 1 aliphatic carbocycles. The number of hydrogen-bond donors (Lipinski definition) is 0. The minimum Gasteiger partial charge on any atom is -0.399 e. The molecule has 6 rings (SSSR count). The van der Waals surface area contributed by atoms with Gasteiger partial charge in [0.1, 0.15) is 0 Å². The van der Waals surface area contributed by atoms with E-state index >= 15 is 0 Å². The lowest BCUT2D eigenvalue weighted by Crippen LogP contribution is -2.41. The molecule has 3 nitrogen and oxygen atoms in total. The standard InChI is InChI=1S/C36H40BNO2/c1-23-19-24(2)33(25(3)20-23)38(27-14-12-13-26(21-27)37-39-35(6,7)36(8,9)40-37)28-17-18-30-29-15-10-11-16-31(29)34(4,5)32(30)22-28/h10-22H,1-9H3. The molecule has 4 heteroatoms.